The molecular formula is C21H23N3O2. The third-order valence-electron chi connectivity index (χ3n) is 5.30. The molecule has 1 aliphatic heterocycles. The molecule has 1 aromatic carbocycles. The summed E-state index contributed by atoms with van der Waals surface area (Å²) in [7, 11) is 0. The van der Waals surface area contributed by atoms with Crippen molar-refractivity contribution in [2.45, 2.75) is 32.1 Å². The van der Waals surface area contributed by atoms with Gasteiger partial charge in [0.05, 0.1) is 5.92 Å². The lowest BCUT2D eigenvalue weighted by Crippen LogP contribution is -2.34. The van der Waals surface area contributed by atoms with Gasteiger partial charge < -0.3 is 10.2 Å². The van der Waals surface area contributed by atoms with E-state index in [1.165, 1.54) is 17.5 Å². The number of aromatic nitrogens is 1. The van der Waals surface area contributed by atoms with Crippen LogP contribution in [0.1, 0.15) is 29.7 Å². The van der Waals surface area contributed by atoms with Crippen molar-refractivity contribution in [3.8, 4) is 0 Å². The topological polar surface area (TPSA) is 62.3 Å². The van der Waals surface area contributed by atoms with E-state index >= 15 is 0 Å². The lowest BCUT2D eigenvalue weighted by Gasteiger charge is -2.18. The zero-order valence-electron chi connectivity index (χ0n) is 14.8. The van der Waals surface area contributed by atoms with Crippen LogP contribution in [0.25, 0.3) is 0 Å². The number of carbonyl (C=O) groups is 2. The number of rotatable bonds is 5. The van der Waals surface area contributed by atoms with E-state index in [1.807, 2.05) is 24.3 Å². The van der Waals surface area contributed by atoms with Gasteiger partial charge in [-0.1, -0.05) is 12.1 Å². The van der Waals surface area contributed by atoms with E-state index in [0.29, 0.717) is 19.5 Å². The van der Waals surface area contributed by atoms with Gasteiger partial charge in [-0.25, -0.2) is 0 Å². The maximum atomic E-state index is 12.4. The second kappa shape index (κ2) is 7.28. The fraction of sp³-hybridized carbons (Fsp3) is 0.381. The first-order chi connectivity index (χ1) is 12.7. The molecule has 2 aromatic rings. The molecule has 1 aliphatic carbocycles. The van der Waals surface area contributed by atoms with E-state index in [1.54, 1.807) is 11.1 Å². The maximum Gasteiger partial charge on any atom is 0.227 e. The van der Waals surface area contributed by atoms with E-state index in [4.69, 9.17) is 0 Å². The number of pyridine rings is 1. The first kappa shape index (κ1) is 16.8. The number of nitrogens with one attached hydrogen (secondary N) is 1. The van der Waals surface area contributed by atoms with Crippen molar-refractivity contribution in [3.63, 3.8) is 0 Å². The Hall–Kier alpha value is -2.69. The summed E-state index contributed by atoms with van der Waals surface area (Å²) in [5.41, 5.74) is 4.62. The van der Waals surface area contributed by atoms with E-state index < -0.39 is 0 Å². The maximum absolute atomic E-state index is 12.4. The molecule has 26 heavy (non-hydrogen) atoms. The summed E-state index contributed by atoms with van der Waals surface area (Å²) in [5, 5.41) is 2.95. The Bertz CT molecular complexity index is 819. The number of anilines is 1. The van der Waals surface area contributed by atoms with Crippen molar-refractivity contribution in [2.24, 2.45) is 5.92 Å². The quantitative estimate of drug-likeness (QED) is 0.901. The molecule has 2 amide bonds. The largest absolute Gasteiger partial charge is 0.355 e. The van der Waals surface area contributed by atoms with Crippen molar-refractivity contribution in [1.29, 1.82) is 0 Å². The fourth-order valence-corrected chi connectivity index (χ4v) is 3.86. The number of benzene rings is 1. The third-order valence-corrected chi connectivity index (χ3v) is 5.30. The lowest BCUT2D eigenvalue weighted by molar-refractivity contribution is -0.126. The van der Waals surface area contributed by atoms with Gasteiger partial charge in [-0.3, -0.25) is 14.6 Å². The van der Waals surface area contributed by atoms with E-state index in [9.17, 15) is 9.59 Å². The van der Waals surface area contributed by atoms with Gasteiger partial charge in [-0.2, -0.15) is 0 Å². The van der Waals surface area contributed by atoms with Crippen LogP contribution in [0.5, 0.6) is 0 Å². The van der Waals surface area contributed by atoms with Crippen LogP contribution in [0.2, 0.25) is 0 Å². The van der Waals surface area contributed by atoms with Gasteiger partial charge in [-0.15, -0.1) is 0 Å². The molecule has 4 rings (SSSR count). The highest BCUT2D eigenvalue weighted by Crippen LogP contribution is 2.30. The van der Waals surface area contributed by atoms with Gasteiger partial charge in [0.15, 0.2) is 0 Å². The predicted molar refractivity (Wildman–Crippen MR) is 99.9 cm³/mol. The minimum atomic E-state index is -0.278. The number of hydrogen-bond acceptors (Lipinski definition) is 3. The van der Waals surface area contributed by atoms with Gasteiger partial charge in [-0.05, 0) is 54.7 Å². The number of carbonyl (C=O) groups excluding carboxylic acids is 2. The zero-order valence-corrected chi connectivity index (χ0v) is 14.8. The first-order valence-corrected chi connectivity index (χ1v) is 9.30. The molecule has 0 bridgehead atoms. The Balaban J connectivity index is 1.34. The van der Waals surface area contributed by atoms with Gasteiger partial charge in [0.2, 0.25) is 11.8 Å². The smallest absolute Gasteiger partial charge is 0.227 e. The predicted octanol–water partition coefficient (Wildman–Crippen LogP) is 2.28. The molecule has 2 heterocycles. The highest BCUT2D eigenvalue weighted by atomic mass is 16.2. The molecule has 1 aromatic heterocycles. The Morgan fingerprint density at radius 1 is 1.19 bits per heavy atom. The van der Waals surface area contributed by atoms with Gasteiger partial charge in [0.1, 0.15) is 0 Å². The average Bonchev–Trinajstić information content (AvgIpc) is 3.28. The number of fused-ring (bicyclic) bond motifs is 1. The van der Waals surface area contributed by atoms with Crippen molar-refractivity contribution in [2.75, 3.05) is 18.0 Å². The molecule has 0 radical (unpaired) electrons. The van der Waals surface area contributed by atoms with Gasteiger partial charge >= 0.3 is 0 Å². The second-order valence-corrected chi connectivity index (χ2v) is 7.07. The SMILES string of the molecule is O=C(NCCc1ccccn1)[C@@H]1CC(=O)N(c2ccc3c(c2)CCC3)C1. The molecule has 1 saturated heterocycles. The average molecular weight is 349 g/mol. The van der Waals surface area contributed by atoms with E-state index in [2.05, 4.69) is 22.4 Å². The van der Waals surface area contributed by atoms with Crippen LogP contribution in [-0.4, -0.2) is 29.9 Å². The highest BCUT2D eigenvalue weighted by molar-refractivity contribution is 6.00. The van der Waals surface area contributed by atoms with Crippen LogP contribution in [0.3, 0.4) is 0 Å². The molecular weight excluding hydrogens is 326 g/mol. The minimum Gasteiger partial charge on any atom is -0.355 e. The summed E-state index contributed by atoms with van der Waals surface area (Å²) in [6, 6.07) is 12.0. The standard InChI is InChI=1S/C21H23N3O2/c25-20-13-17(21(26)23-11-9-18-6-1-2-10-22-18)14-24(20)19-8-7-15-4-3-5-16(15)12-19/h1-2,6-8,10,12,17H,3-5,9,11,13-14H2,(H,23,26)/t17-/m1/s1. The van der Waals surface area contributed by atoms with Crippen molar-refractivity contribution >= 4 is 17.5 Å². The lowest BCUT2D eigenvalue weighted by atomic mass is 10.1. The van der Waals surface area contributed by atoms with Gasteiger partial charge in [0.25, 0.3) is 0 Å². The summed E-state index contributed by atoms with van der Waals surface area (Å²) in [6.45, 7) is 1.01. The zero-order chi connectivity index (χ0) is 17.9. The molecule has 0 unspecified atom stereocenters. The Morgan fingerprint density at radius 3 is 2.92 bits per heavy atom. The van der Waals surface area contributed by atoms with Crippen LogP contribution < -0.4 is 10.2 Å². The third kappa shape index (κ3) is 3.47. The monoisotopic (exact) mass is 349 g/mol. The molecule has 134 valence electrons. The number of amides is 2. The molecule has 0 saturated carbocycles. The second-order valence-electron chi connectivity index (χ2n) is 7.07. The van der Waals surface area contributed by atoms with E-state index in [-0.39, 0.29) is 24.2 Å². The van der Waals surface area contributed by atoms with Crippen LogP contribution in [-0.2, 0) is 28.9 Å². The molecule has 1 N–H and O–H groups in total. The molecule has 1 fully saturated rings. The van der Waals surface area contributed by atoms with Gasteiger partial charge in [0, 0.05) is 43.5 Å². The Labute approximate surface area is 153 Å². The van der Waals surface area contributed by atoms with Crippen molar-refractivity contribution in [3.05, 3.63) is 59.4 Å². The van der Waals surface area contributed by atoms with Crippen LogP contribution in [0, 0.1) is 5.92 Å². The van der Waals surface area contributed by atoms with Crippen molar-refractivity contribution < 1.29 is 9.59 Å². The van der Waals surface area contributed by atoms with Crippen LogP contribution in [0.15, 0.2) is 42.6 Å². The van der Waals surface area contributed by atoms with Crippen LogP contribution in [0.4, 0.5) is 5.69 Å². The first-order valence-electron chi connectivity index (χ1n) is 9.30. The highest BCUT2D eigenvalue weighted by Gasteiger charge is 2.35. The fourth-order valence-electron chi connectivity index (χ4n) is 3.86. The van der Waals surface area contributed by atoms with Crippen LogP contribution >= 0.6 is 0 Å². The normalized spacial score (nSPS) is 18.8. The Morgan fingerprint density at radius 2 is 2.08 bits per heavy atom. The molecule has 5 nitrogen and oxygen atoms in total. The number of nitrogens with zero attached hydrogens (tertiary/aromatic N) is 2. The Kier molecular flexibility index (Phi) is 4.69. The summed E-state index contributed by atoms with van der Waals surface area (Å²) < 4.78 is 0. The number of hydrogen-bond donors (Lipinski definition) is 1. The number of aryl methyl sites for hydroxylation is 2. The molecule has 5 heteroatoms. The summed E-state index contributed by atoms with van der Waals surface area (Å²) in [6.07, 6.45) is 6.14. The summed E-state index contributed by atoms with van der Waals surface area (Å²) >= 11 is 0. The summed E-state index contributed by atoms with van der Waals surface area (Å²) in [4.78, 5) is 30.9. The summed E-state index contributed by atoms with van der Waals surface area (Å²) in [5.74, 6) is -0.287. The molecule has 0 spiro atoms. The molecule has 2 aliphatic rings. The minimum absolute atomic E-state index is 0.0350. The molecule has 1 atom stereocenters. The van der Waals surface area contributed by atoms with Crippen molar-refractivity contribution in [1.82, 2.24) is 10.3 Å². The van der Waals surface area contributed by atoms with E-state index in [0.717, 1.165) is 24.2 Å².